The molecule has 1 aliphatic rings. The molecule has 0 saturated carbocycles. The Bertz CT molecular complexity index is 1080. The van der Waals surface area contributed by atoms with E-state index in [9.17, 15) is 14.4 Å². The molecule has 2 amide bonds. The van der Waals surface area contributed by atoms with E-state index in [-0.39, 0.29) is 23.0 Å². The quantitative estimate of drug-likeness (QED) is 0.289. The van der Waals surface area contributed by atoms with Crippen LogP contribution in [0.3, 0.4) is 0 Å². The van der Waals surface area contributed by atoms with Gasteiger partial charge in [-0.25, -0.2) is 4.79 Å². The van der Waals surface area contributed by atoms with Gasteiger partial charge in [-0.1, -0.05) is 28.6 Å². The summed E-state index contributed by atoms with van der Waals surface area (Å²) in [6, 6.07) is 6.36. The molecule has 1 fully saturated rings. The summed E-state index contributed by atoms with van der Waals surface area (Å²) in [5, 5.41) is -0.443. The molecule has 1 saturated heterocycles. The maximum atomic E-state index is 12.8. The molecule has 10 heteroatoms. The highest BCUT2D eigenvalue weighted by molar-refractivity contribution is 9.10. The van der Waals surface area contributed by atoms with E-state index >= 15 is 0 Å². The van der Waals surface area contributed by atoms with Gasteiger partial charge in [-0.2, -0.15) is 0 Å². The zero-order valence-corrected chi connectivity index (χ0v) is 19.1. The minimum Gasteiger partial charge on any atom is -0.493 e. The number of methoxy groups -OCH3 is 2. The van der Waals surface area contributed by atoms with E-state index in [0.717, 1.165) is 16.7 Å². The third-order valence-electron chi connectivity index (χ3n) is 4.16. The maximum Gasteiger partial charge on any atom is 0.373 e. The molecule has 2 aromatic rings. The molecule has 8 nitrogen and oxygen atoms in total. The van der Waals surface area contributed by atoms with Gasteiger partial charge in [-0.05, 0) is 47.7 Å². The lowest BCUT2D eigenvalue weighted by molar-refractivity contribution is -0.123. The van der Waals surface area contributed by atoms with Crippen molar-refractivity contribution in [3.63, 3.8) is 0 Å². The van der Waals surface area contributed by atoms with Gasteiger partial charge in [-0.15, -0.1) is 0 Å². The number of esters is 1. The van der Waals surface area contributed by atoms with Crippen LogP contribution in [-0.4, -0.2) is 42.8 Å². The van der Waals surface area contributed by atoms with Gasteiger partial charge in [0, 0.05) is 4.47 Å². The zero-order chi connectivity index (χ0) is 22.5. The summed E-state index contributed by atoms with van der Waals surface area (Å²) in [6.45, 7) is 3.82. The Hall–Kier alpha value is -2.98. The highest BCUT2D eigenvalue weighted by Gasteiger charge is 2.36. The summed E-state index contributed by atoms with van der Waals surface area (Å²) >= 11 is 4.27. The number of thioether (sulfide) groups is 1. The fraction of sp³-hybridized carbons (Fsp3) is 0.190. The van der Waals surface area contributed by atoms with Gasteiger partial charge in [0.2, 0.25) is 5.76 Å². The molecule has 162 valence electrons. The number of carbonyl (C=O) groups is 3. The summed E-state index contributed by atoms with van der Waals surface area (Å²) in [7, 11) is 2.74. The largest absolute Gasteiger partial charge is 0.493 e. The van der Waals surface area contributed by atoms with Crippen molar-refractivity contribution in [2.75, 3.05) is 20.8 Å². The van der Waals surface area contributed by atoms with Crippen molar-refractivity contribution >= 4 is 50.9 Å². The molecule has 1 aliphatic heterocycles. The van der Waals surface area contributed by atoms with Gasteiger partial charge in [0.05, 0.1) is 25.7 Å². The Labute approximate surface area is 190 Å². The van der Waals surface area contributed by atoms with E-state index in [1.807, 2.05) is 0 Å². The number of ether oxygens (including phenoxy) is 3. The molecule has 0 spiro atoms. The van der Waals surface area contributed by atoms with Crippen LogP contribution in [0.4, 0.5) is 4.79 Å². The molecule has 1 aromatic heterocycles. The van der Waals surface area contributed by atoms with Crippen LogP contribution in [0.2, 0.25) is 0 Å². The predicted molar refractivity (Wildman–Crippen MR) is 118 cm³/mol. The van der Waals surface area contributed by atoms with Crippen LogP contribution in [0, 0.1) is 0 Å². The molecule has 0 radical (unpaired) electrons. The van der Waals surface area contributed by atoms with Crippen molar-refractivity contribution in [1.82, 2.24) is 4.90 Å². The molecule has 0 N–H and O–H groups in total. The number of carbonyl (C=O) groups excluding carboxylic acids is 3. The predicted octanol–water partition coefficient (Wildman–Crippen LogP) is 4.64. The number of hydrogen-bond acceptors (Lipinski definition) is 8. The van der Waals surface area contributed by atoms with E-state index in [4.69, 9.17) is 13.9 Å². The van der Waals surface area contributed by atoms with Crippen LogP contribution in [0.1, 0.15) is 21.9 Å². The Kier molecular flexibility index (Phi) is 7.24. The second-order valence-corrected chi connectivity index (χ2v) is 8.00. The third-order valence-corrected chi connectivity index (χ3v) is 5.76. The van der Waals surface area contributed by atoms with Crippen molar-refractivity contribution in [2.24, 2.45) is 0 Å². The molecule has 2 heterocycles. The summed E-state index contributed by atoms with van der Waals surface area (Å²) in [5.74, 6) is 0.161. The standard InChI is InChI=1S/C21H18BrNO7S/c1-4-7-29-17-10-14(22)12(8-16(17)27-2)9-18-19(24)23(21(26)31-18)11-13-5-6-15(30-13)20(25)28-3/h4-6,8-10H,1,7,11H2,2-3H3/b18-9+. The van der Waals surface area contributed by atoms with E-state index in [0.29, 0.717) is 28.1 Å². The fourth-order valence-corrected chi connectivity index (χ4v) is 3.96. The first-order valence-corrected chi connectivity index (χ1v) is 10.5. The number of nitrogens with zero attached hydrogens (tertiary/aromatic N) is 1. The van der Waals surface area contributed by atoms with Crippen molar-refractivity contribution in [3.8, 4) is 11.5 Å². The topological polar surface area (TPSA) is 95.3 Å². The lowest BCUT2D eigenvalue weighted by atomic mass is 10.2. The Morgan fingerprint density at radius 3 is 2.71 bits per heavy atom. The average molecular weight is 508 g/mol. The van der Waals surface area contributed by atoms with Crippen LogP contribution in [0.5, 0.6) is 11.5 Å². The van der Waals surface area contributed by atoms with Gasteiger partial charge in [0.25, 0.3) is 11.1 Å². The number of furan rings is 1. The van der Waals surface area contributed by atoms with Crippen LogP contribution in [0.15, 0.2) is 50.7 Å². The molecular formula is C21H18BrNO7S. The summed E-state index contributed by atoms with van der Waals surface area (Å²) in [6.07, 6.45) is 3.21. The smallest absolute Gasteiger partial charge is 0.373 e. The molecule has 0 bridgehead atoms. The van der Waals surface area contributed by atoms with Crippen molar-refractivity contribution in [1.29, 1.82) is 0 Å². The molecular weight excluding hydrogens is 490 g/mol. The van der Waals surface area contributed by atoms with Gasteiger partial charge in [0.1, 0.15) is 12.4 Å². The molecule has 0 aliphatic carbocycles. The van der Waals surface area contributed by atoms with Crippen molar-refractivity contribution in [3.05, 3.63) is 63.4 Å². The van der Waals surface area contributed by atoms with Crippen molar-refractivity contribution in [2.45, 2.75) is 6.54 Å². The summed E-state index contributed by atoms with van der Waals surface area (Å²) in [5.41, 5.74) is 0.638. The molecule has 0 unspecified atom stereocenters. The molecule has 1 aromatic carbocycles. The van der Waals surface area contributed by atoms with E-state index < -0.39 is 17.1 Å². The zero-order valence-electron chi connectivity index (χ0n) is 16.7. The number of halogens is 1. The third kappa shape index (κ3) is 5.02. The van der Waals surface area contributed by atoms with Gasteiger partial charge >= 0.3 is 5.97 Å². The fourth-order valence-electron chi connectivity index (χ4n) is 2.69. The van der Waals surface area contributed by atoms with Crippen LogP contribution in [-0.2, 0) is 16.1 Å². The number of imide groups is 1. The van der Waals surface area contributed by atoms with E-state index in [1.165, 1.54) is 26.4 Å². The minimum absolute atomic E-state index is 0.00481. The van der Waals surface area contributed by atoms with Gasteiger partial charge in [-0.3, -0.25) is 14.5 Å². The SMILES string of the molecule is C=CCOc1cc(Br)c(/C=C2/SC(=O)N(Cc3ccc(C(=O)OC)o3)C2=O)cc1OC. The second-order valence-electron chi connectivity index (χ2n) is 6.15. The van der Waals surface area contributed by atoms with Crippen LogP contribution < -0.4 is 9.47 Å². The monoisotopic (exact) mass is 507 g/mol. The number of benzene rings is 1. The average Bonchev–Trinajstić information content (AvgIpc) is 3.33. The van der Waals surface area contributed by atoms with Crippen LogP contribution in [0.25, 0.3) is 6.08 Å². The summed E-state index contributed by atoms with van der Waals surface area (Å²) in [4.78, 5) is 38.0. The second kappa shape index (κ2) is 9.88. The Morgan fingerprint density at radius 1 is 1.26 bits per heavy atom. The molecule has 31 heavy (non-hydrogen) atoms. The van der Waals surface area contributed by atoms with E-state index in [2.05, 4.69) is 27.2 Å². The number of rotatable bonds is 8. The molecule has 3 rings (SSSR count). The number of amides is 2. The normalized spacial score (nSPS) is 14.8. The first-order chi connectivity index (χ1) is 14.9. The number of hydrogen-bond donors (Lipinski definition) is 0. The van der Waals surface area contributed by atoms with Crippen LogP contribution >= 0.6 is 27.7 Å². The molecule has 0 atom stereocenters. The van der Waals surface area contributed by atoms with Gasteiger partial charge in [0.15, 0.2) is 11.5 Å². The first-order valence-electron chi connectivity index (χ1n) is 8.91. The van der Waals surface area contributed by atoms with E-state index in [1.54, 1.807) is 24.3 Å². The lowest BCUT2D eigenvalue weighted by Gasteiger charge is -2.12. The highest BCUT2D eigenvalue weighted by atomic mass is 79.9. The summed E-state index contributed by atoms with van der Waals surface area (Å²) < 4.78 is 21.5. The van der Waals surface area contributed by atoms with Gasteiger partial charge < -0.3 is 18.6 Å². The highest BCUT2D eigenvalue weighted by Crippen LogP contribution is 2.38. The minimum atomic E-state index is -0.639. The lowest BCUT2D eigenvalue weighted by Crippen LogP contribution is -2.27. The Morgan fingerprint density at radius 2 is 2.03 bits per heavy atom. The Balaban J connectivity index is 1.82. The first kappa shape index (κ1) is 22.7. The van der Waals surface area contributed by atoms with Crippen molar-refractivity contribution < 1.29 is 33.0 Å². The maximum absolute atomic E-state index is 12.8.